The highest BCUT2D eigenvalue weighted by atomic mass is 32.2. The van der Waals surface area contributed by atoms with Crippen molar-refractivity contribution in [2.75, 3.05) is 19.3 Å². The summed E-state index contributed by atoms with van der Waals surface area (Å²) < 4.78 is 69.6. The summed E-state index contributed by atoms with van der Waals surface area (Å²) in [5.74, 6) is 0.385. The minimum atomic E-state index is -4.62. The van der Waals surface area contributed by atoms with Crippen LogP contribution in [0.4, 0.5) is 13.2 Å². The van der Waals surface area contributed by atoms with Crippen molar-refractivity contribution in [2.45, 2.75) is 116 Å². The highest BCUT2D eigenvalue weighted by molar-refractivity contribution is 7.88. The first-order valence-electron chi connectivity index (χ1n) is 18.6. The second kappa shape index (κ2) is 13.7. The average Bonchev–Trinajstić information content (AvgIpc) is 3.31. The normalized spacial score (nSPS) is 32.5. The second-order valence-electron chi connectivity index (χ2n) is 17.1. The number of hydrogen-bond donors (Lipinski definition) is 2. The third-order valence-corrected chi connectivity index (χ3v) is 14.9. The van der Waals surface area contributed by atoms with Crippen LogP contribution in [0.5, 0.6) is 0 Å². The van der Waals surface area contributed by atoms with E-state index in [0.29, 0.717) is 68.0 Å². The number of benzene rings is 2. The first kappa shape index (κ1) is 38.2. The maximum absolute atomic E-state index is 14.3. The molecule has 10 heteroatoms. The lowest BCUT2D eigenvalue weighted by atomic mass is 9.45. The van der Waals surface area contributed by atoms with Crippen molar-refractivity contribution in [2.24, 2.45) is 28.6 Å². The van der Waals surface area contributed by atoms with Gasteiger partial charge in [0.2, 0.25) is 10.0 Å². The molecule has 0 radical (unpaired) electrons. The van der Waals surface area contributed by atoms with E-state index in [1.807, 2.05) is 26.0 Å². The molecule has 0 amide bonds. The summed E-state index contributed by atoms with van der Waals surface area (Å²) in [5.41, 5.74) is -0.426. The van der Waals surface area contributed by atoms with Gasteiger partial charge in [0.15, 0.2) is 5.78 Å². The molecule has 2 aromatic rings. The number of aliphatic hydroxyl groups excluding tert-OH is 1. The van der Waals surface area contributed by atoms with Gasteiger partial charge in [-0.3, -0.25) is 4.79 Å². The van der Waals surface area contributed by atoms with E-state index in [1.165, 1.54) is 22.7 Å². The molecule has 8 rings (SSSR count). The van der Waals surface area contributed by atoms with Crippen molar-refractivity contribution in [1.82, 2.24) is 4.31 Å². The number of ketones is 1. The molecule has 4 saturated carbocycles. The van der Waals surface area contributed by atoms with E-state index in [4.69, 9.17) is 0 Å². The number of sulfonamides is 1. The largest absolute Gasteiger partial charge is 0.416 e. The fraction of sp³-hybridized carbons (Fsp3) is 0.634. The van der Waals surface area contributed by atoms with E-state index in [9.17, 15) is 36.6 Å². The van der Waals surface area contributed by atoms with Crippen LogP contribution in [0.3, 0.4) is 0 Å². The predicted octanol–water partition coefficient (Wildman–Crippen LogP) is 8.31. The number of hydrogen-bond acceptors (Lipinski definition) is 5. The molecule has 2 aromatic carbocycles. The van der Waals surface area contributed by atoms with Crippen molar-refractivity contribution in [3.63, 3.8) is 0 Å². The topological polar surface area (TPSA) is 94.9 Å². The standard InChI is InChI=1S/C41H54F3NO5S/c1-26-8-7-18-39(4)35(17-19-40(39,48)25-45(51(5,49)50)24-29-13-14-30-23-36(29)38(30,2)3)33-16-12-27(20-32(46)15-11-26)21-34(33)37(47)28-9-6-10-31(22-28)41(42,43)44/h6,8-10,12,16,21-22,29-30,32,35-36,46,48H,7,11,13-15,17-20,23-25H2,1-5H3/t29-,30-,32-,35-,36-,39-,40+/m0/s1. The Morgan fingerprint density at radius 2 is 1.76 bits per heavy atom. The number of nitrogens with zero attached hydrogens (tertiary/aromatic N) is 1. The van der Waals surface area contributed by atoms with Gasteiger partial charge in [-0.05, 0) is 130 Å². The van der Waals surface area contributed by atoms with Gasteiger partial charge >= 0.3 is 6.18 Å². The Morgan fingerprint density at radius 1 is 1.02 bits per heavy atom. The minimum absolute atomic E-state index is 0.0597. The van der Waals surface area contributed by atoms with Gasteiger partial charge < -0.3 is 10.2 Å². The molecule has 4 fully saturated rings. The molecule has 0 aliphatic heterocycles. The molecule has 2 N–H and O–H groups in total. The van der Waals surface area contributed by atoms with Gasteiger partial charge in [0.25, 0.3) is 0 Å². The molecule has 0 unspecified atom stereocenters. The van der Waals surface area contributed by atoms with Crippen molar-refractivity contribution in [3.8, 4) is 0 Å². The average molecular weight is 730 g/mol. The van der Waals surface area contributed by atoms with Gasteiger partial charge in [-0.1, -0.05) is 56.7 Å². The van der Waals surface area contributed by atoms with Crippen molar-refractivity contribution >= 4 is 15.8 Å². The second-order valence-corrected chi connectivity index (χ2v) is 19.1. The predicted molar refractivity (Wildman–Crippen MR) is 193 cm³/mol. The molecular formula is C41H54F3NO5S. The highest BCUT2D eigenvalue weighted by Crippen LogP contribution is 2.62. The fourth-order valence-electron chi connectivity index (χ4n) is 10.2. The monoisotopic (exact) mass is 729 g/mol. The van der Waals surface area contributed by atoms with Crippen LogP contribution in [0.15, 0.2) is 54.1 Å². The quantitative estimate of drug-likeness (QED) is 0.221. The zero-order valence-electron chi connectivity index (χ0n) is 30.6. The number of alkyl halides is 3. The molecule has 0 spiro atoms. The fourth-order valence-corrected chi connectivity index (χ4v) is 11.2. The van der Waals surface area contributed by atoms with E-state index < -0.39 is 44.7 Å². The van der Waals surface area contributed by atoms with Crippen LogP contribution in [-0.2, 0) is 22.6 Å². The lowest BCUT2D eigenvalue weighted by molar-refractivity contribution is -0.137. The van der Waals surface area contributed by atoms with E-state index in [0.717, 1.165) is 37.0 Å². The van der Waals surface area contributed by atoms with Crippen LogP contribution in [0.1, 0.15) is 124 Å². The number of aliphatic hydroxyl groups is 2. The molecular weight excluding hydrogens is 676 g/mol. The zero-order chi connectivity index (χ0) is 37.1. The third kappa shape index (κ3) is 7.36. The highest BCUT2D eigenvalue weighted by Gasteiger charge is 2.59. The maximum atomic E-state index is 14.3. The van der Waals surface area contributed by atoms with Crippen LogP contribution in [0, 0.1) is 28.6 Å². The number of rotatable bonds is 7. The Balaban J connectivity index is 1.41. The van der Waals surface area contributed by atoms with Crippen molar-refractivity contribution < 1.29 is 36.6 Å². The zero-order valence-corrected chi connectivity index (χ0v) is 31.4. The first-order chi connectivity index (χ1) is 23.7. The van der Waals surface area contributed by atoms with E-state index in [2.05, 4.69) is 19.9 Å². The Morgan fingerprint density at radius 3 is 2.43 bits per heavy atom. The van der Waals surface area contributed by atoms with Crippen molar-refractivity contribution in [3.05, 3.63) is 81.9 Å². The van der Waals surface area contributed by atoms with Crippen molar-refractivity contribution in [1.29, 1.82) is 0 Å². The number of carbonyl (C=O) groups is 1. The molecule has 0 saturated heterocycles. The van der Waals surface area contributed by atoms with Gasteiger partial charge in [0.05, 0.1) is 23.5 Å². The minimum Gasteiger partial charge on any atom is -0.393 e. The third-order valence-electron chi connectivity index (χ3n) is 13.7. The summed E-state index contributed by atoms with van der Waals surface area (Å²) >= 11 is 0. The Bertz CT molecular complexity index is 1790. The molecule has 6 nitrogen and oxygen atoms in total. The van der Waals surface area contributed by atoms with E-state index in [1.54, 1.807) is 6.07 Å². The maximum Gasteiger partial charge on any atom is 0.416 e. The van der Waals surface area contributed by atoms with E-state index in [-0.39, 0.29) is 41.3 Å². The molecule has 51 heavy (non-hydrogen) atoms. The number of halogens is 3. The van der Waals surface area contributed by atoms with E-state index >= 15 is 0 Å². The summed E-state index contributed by atoms with van der Waals surface area (Å²) in [6.07, 6.45) is 4.57. The summed E-state index contributed by atoms with van der Waals surface area (Å²) in [4.78, 5) is 14.3. The lowest BCUT2D eigenvalue weighted by Crippen LogP contribution is -2.58. The molecule has 7 atom stereocenters. The summed E-state index contributed by atoms with van der Waals surface area (Å²) in [7, 11) is -3.69. The van der Waals surface area contributed by atoms with Crippen LogP contribution in [0.25, 0.3) is 0 Å². The van der Waals surface area contributed by atoms with Crippen LogP contribution < -0.4 is 0 Å². The number of allylic oxidation sites excluding steroid dienone is 2. The van der Waals surface area contributed by atoms with Crippen LogP contribution in [0.2, 0.25) is 0 Å². The van der Waals surface area contributed by atoms with Gasteiger partial charge in [-0.2, -0.15) is 17.5 Å². The molecule has 280 valence electrons. The SMILES string of the molecule is CC1=CCC[C@@]2(C)[C@@H](CC[C@@]2(O)CN(C[C@@H]2CC[C@H]3C[C@@H]2C3(C)C)S(C)(=O)=O)c2ccc(cc2C(=O)c2cccc(C(F)(F)F)c2)C[C@@H](O)CC1. The molecule has 0 heterocycles. The summed E-state index contributed by atoms with van der Waals surface area (Å²) in [5, 5.41) is 23.7. The van der Waals surface area contributed by atoms with Gasteiger partial charge in [-0.25, -0.2) is 8.42 Å². The Kier molecular flexibility index (Phi) is 10.3. The lowest BCUT2D eigenvalue weighted by Gasteiger charge is -2.60. The first-order valence-corrected chi connectivity index (χ1v) is 20.4. The van der Waals surface area contributed by atoms with Gasteiger partial charge in [0, 0.05) is 29.6 Å². The molecule has 4 bridgehead atoms. The van der Waals surface area contributed by atoms with Crippen LogP contribution >= 0.6 is 0 Å². The molecule has 0 aromatic heterocycles. The van der Waals surface area contributed by atoms with Crippen LogP contribution in [-0.4, -0.2) is 59.8 Å². The number of carbonyl (C=O) groups excluding carboxylic acids is 1. The summed E-state index contributed by atoms with van der Waals surface area (Å²) in [6.45, 7) is 8.90. The van der Waals surface area contributed by atoms with Gasteiger partial charge in [-0.15, -0.1) is 0 Å². The smallest absolute Gasteiger partial charge is 0.393 e. The Labute approximate surface area is 301 Å². The number of fused-ring (bicyclic) bond motifs is 10. The summed E-state index contributed by atoms with van der Waals surface area (Å²) in [6, 6.07) is 9.86. The molecule has 6 aliphatic rings. The molecule has 6 aliphatic carbocycles. The van der Waals surface area contributed by atoms with Gasteiger partial charge in [0.1, 0.15) is 0 Å². The Hall–Kier alpha value is -2.53.